The van der Waals surface area contributed by atoms with Crippen molar-refractivity contribution in [1.82, 2.24) is 15.5 Å². The SMILES string of the molecule is COc1ccc(C(NC(=O)[C@@H]2CCCN2C(=O)OCC2c3ccccc3-c3ccccc32)c2ccc(OCC(=O)NCc3ccc(C)cc3)cc2)c(OC)c1. The zero-order valence-corrected chi connectivity index (χ0v) is 31.2. The molecular formula is C45H45N3O7. The highest BCUT2D eigenvalue weighted by Crippen LogP contribution is 2.44. The van der Waals surface area contributed by atoms with Crippen LogP contribution in [-0.4, -0.2) is 62.8 Å². The normalized spacial score (nSPS) is 15.0. The minimum Gasteiger partial charge on any atom is -0.497 e. The molecule has 7 rings (SSSR count). The van der Waals surface area contributed by atoms with E-state index in [-0.39, 0.29) is 30.9 Å². The maximum atomic E-state index is 14.2. The van der Waals surface area contributed by atoms with E-state index in [2.05, 4.69) is 34.9 Å². The summed E-state index contributed by atoms with van der Waals surface area (Å²) in [5.41, 5.74) is 8.16. The van der Waals surface area contributed by atoms with Crippen molar-refractivity contribution in [3.63, 3.8) is 0 Å². The number of ether oxygens (including phenoxy) is 4. The van der Waals surface area contributed by atoms with Crippen LogP contribution in [0.25, 0.3) is 11.1 Å². The Morgan fingerprint density at radius 3 is 2.15 bits per heavy atom. The van der Waals surface area contributed by atoms with E-state index in [1.807, 2.05) is 79.7 Å². The molecule has 10 heteroatoms. The molecule has 1 unspecified atom stereocenters. The average Bonchev–Trinajstić information content (AvgIpc) is 3.85. The molecule has 10 nitrogen and oxygen atoms in total. The van der Waals surface area contributed by atoms with Crippen LogP contribution in [0.15, 0.2) is 115 Å². The van der Waals surface area contributed by atoms with Crippen molar-refractivity contribution in [2.45, 2.75) is 44.3 Å². The van der Waals surface area contributed by atoms with Crippen LogP contribution >= 0.6 is 0 Å². The van der Waals surface area contributed by atoms with E-state index >= 15 is 0 Å². The molecule has 2 atom stereocenters. The van der Waals surface area contributed by atoms with Crippen LogP contribution in [0.4, 0.5) is 4.79 Å². The first kappa shape index (κ1) is 37.0. The lowest BCUT2D eigenvalue weighted by Gasteiger charge is -2.28. The maximum absolute atomic E-state index is 14.2. The Kier molecular flexibility index (Phi) is 11.3. The largest absolute Gasteiger partial charge is 0.497 e. The van der Waals surface area contributed by atoms with Crippen LogP contribution in [-0.2, 0) is 20.9 Å². The number of aryl methyl sites for hydroxylation is 1. The molecule has 282 valence electrons. The summed E-state index contributed by atoms with van der Waals surface area (Å²) in [5.74, 6) is 0.994. The van der Waals surface area contributed by atoms with Crippen molar-refractivity contribution in [2.24, 2.45) is 0 Å². The third-order valence-electron chi connectivity index (χ3n) is 10.4. The summed E-state index contributed by atoms with van der Waals surface area (Å²) >= 11 is 0. The van der Waals surface area contributed by atoms with Gasteiger partial charge in [-0.25, -0.2) is 4.79 Å². The lowest BCUT2D eigenvalue weighted by molar-refractivity contribution is -0.125. The van der Waals surface area contributed by atoms with E-state index in [4.69, 9.17) is 18.9 Å². The second kappa shape index (κ2) is 16.8. The van der Waals surface area contributed by atoms with Gasteiger partial charge in [-0.05, 0) is 77.4 Å². The summed E-state index contributed by atoms with van der Waals surface area (Å²) in [6.45, 7) is 2.86. The van der Waals surface area contributed by atoms with Gasteiger partial charge in [-0.15, -0.1) is 0 Å². The number of carbonyl (C=O) groups excluding carboxylic acids is 3. The lowest BCUT2D eigenvalue weighted by atomic mass is 9.96. The zero-order chi connectivity index (χ0) is 38.3. The van der Waals surface area contributed by atoms with Crippen molar-refractivity contribution in [2.75, 3.05) is 34.0 Å². The fourth-order valence-electron chi connectivity index (χ4n) is 7.43. The molecule has 0 saturated carbocycles. The van der Waals surface area contributed by atoms with E-state index in [0.717, 1.165) is 38.9 Å². The molecule has 1 fully saturated rings. The summed E-state index contributed by atoms with van der Waals surface area (Å²) in [7, 11) is 3.14. The predicted molar refractivity (Wildman–Crippen MR) is 209 cm³/mol. The number of nitrogens with zero attached hydrogens (tertiary/aromatic N) is 1. The maximum Gasteiger partial charge on any atom is 0.410 e. The van der Waals surface area contributed by atoms with Crippen molar-refractivity contribution in [3.8, 4) is 28.4 Å². The number of benzene rings is 5. The van der Waals surface area contributed by atoms with E-state index in [1.54, 1.807) is 32.4 Å². The molecule has 2 N–H and O–H groups in total. The molecule has 0 bridgehead atoms. The first-order chi connectivity index (χ1) is 26.8. The Balaban J connectivity index is 1.03. The van der Waals surface area contributed by atoms with E-state index < -0.39 is 18.2 Å². The number of fused-ring (bicyclic) bond motifs is 3. The quantitative estimate of drug-likeness (QED) is 0.130. The lowest BCUT2D eigenvalue weighted by Crippen LogP contribution is -2.47. The van der Waals surface area contributed by atoms with Gasteiger partial charge in [0.2, 0.25) is 5.91 Å². The Morgan fingerprint density at radius 2 is 1.47 bits per heavy atom. The molecule has 0 spiro atoms. The third-order valence-corrected chi connectivity index (χ3v) is 10.4. The number of hydrogen-bond donors (Lipinski definition) is 2. The molecule has 5 aromatic carbocycles. The summed E-state index contributed by atoms with van der Waals surface area (Å²) in [5, 5.41) is 6.08. The Bertz CT molecular complexity index is 2110. The van der Waals surface area contributed by atoms with Gasteiger partial charge in [0, 0.05) is 30.6 Å². The van der Waals surface area contributed by atoms with Crippen LogP contribution in [0.1, 0.15) is 58.2 Å². The van der Waals surface area contributed by atoms with Gasteiger partial charge < -0.3 is 29.6 Å². The highest BCUT2D eigenvalue weighted by Gasteiger charge is 2.38. The van der Waals surface area contributed by atoms with Crippen molar-refractivity contribution in [3.05, 3.63) is 149 Å². The van der Waals surface area contributed by atoms with Crippen molar-refractivity contribution >= 4 is 17.9 Å². The van der Waals surface area contributed by atoms with Crippen LogP contribution in [0, 0.1) is 6.92 Å². The molecule has 1 saturated heterocycles. The number of nitrogens with one attached hydrogen (secondary N) is 2. The average molecular weight is 740 g/mol. The van der Waals surface area contributed by atoms with E-state index in [9.17, 15) is 14.4 Å². The van der Waals surface area contributed by atoms with E-state index in [0.29, 0.717) is 48.7 Å². The third kappa shape index (κ3) is 8.28. The van der Waals surface area contributed by atoms with Crippen LogP contribution < -0.4 is 24.8 Å². The molecule has 1 heterocycles. The molecule has 55 heavy (non-hydrogen) atoms. The number of hydrogen-bond acceptors (Lipinski definition) is 7. The summed E-state index contributed by atoms with van der Waals surface area (Å²) in [6, 6.07) is 35.6. The van der Waals surface area contributed by atoms with Crippen LogP contribution in [0.2, 0.25) is 0 Å². The van der Waals surface area contributed by atoms with Gasteiger partial charge in [-0.3, -0.25) is 14.5 Å². The molecule has 1 aliphatic heterocycles. The summed E-state index contributed by atoms with van der Waals surface area (Å²) < 4.78 is 22.9. The topological polar surface area (TPSA) is 115 Å². The number of amides is 3. The molecule has 3 amide bonds. The second-order valence-corrected chi connectivity index (χ2v) is 13.8. The molecule has 5 aromatic rings. The Labute approximate surface area is 321 Å². The number of rotatable bonds is 13. The molecular weight excluding hydrogens is 695 g/mol. The Hall–Kier alpha value is -6.29. The molecule has 1 aliphatic carbocycles. The van der Waals surface area contributed by atoms with E-state index in [1.165, 1.54) is 4.90 Å². The molecule has 0 radical (unpaired) electrons. The van der Waals surface area contributed by atoms with Gasteiger partial charge in [0.1, 0.15) is 29.9 Å². The summed E-state index contributed by atoms with van der Waals surface area (Å²) in [6.07, 6.45) is 0.660. The van der Waals surface area contributed by atoms with Gasteiger partial charge in [-0.1, -0.05) is 90.5 Å². The van der Waals surface area contributed by atoms with Crippen LogP contribution in [0.3, 0.4) is 0 Å². The van der Waals surface area contributed by atoms with Crippen molar-refractivity contribution < 1.29 is 33.3 Å². The zero-order valence-electron chi connectivity index (χ0n) is 31.2. The van der Waals surface area contributed by atoms with Crippen molar-refractivity contribution in [1.29, 1.82) is 0 Å². The molecule has 2 aliphatic rings. The van der Waals surface area contributed by atoms with Gasteiger partial charge in [0.25, 0.3) is 5.91 Å². The number of carbonyl (C=O) groups is 3. The minimum atomic E-state index is -0.719. The first-order valence-corrected chi connectivity index (χ1v) is 18.5. The predicted octanol–water partition coefficient (Wildman–Crippen LogP) is 7.33. The standard InChI is InChI=1S/C45H45N3O7/c1-29-14-16-30(17-15-29)26-46-42(49)28-54-32-20-18-31(19-21-32)43(38-23-22-33(52-2)25-41(38)53-3)47-44(50)40-13-8-24-48(40)45(51)55-27-39-36-11-6-4-9-34(36)35-10-5-7-12-37(35)39/h4-7,9-12,14-23,25,39-40,43H,8,13,24,26-28H2,1-3H3,(H,46,49)(H,47,50)/t40-,43?/m0/s1. The highest BCUT2D eigenvalue weighted by atomic mass is 16.6. The van der Waals surface area contributed by atoms with Crippen LogP contribution in [0.5, 0.6) is 17.2 Å². The highest BCUT2D eigenvalue weighted by molar-refractivity contribution is 5.87. The smallest absolute Gasteiger partial charge is 0.410 e. The fourth-order valence-corrected chi connectivity index (χ4v) is 7.43. The molecule has 0 aromatic heterocycles. The summed E-state index contributed by atoms with van der Waals surface area (Å²) in [4.78, 5) is 41.9. The van der Waals surface area contributed by atoms with Gasteiger partial charge in [0.15, 0.2) is 6.61 Å². The second-order valence-electron chi connectivity index (χ2n) is 13.8. The number of methoxy groups -OCH3 is 2. The number of likely N-dealkylation sites (tertiary alicyclic amines) is 1. The van der Waals surface area contributed by atoms with Gasteiger partial charge in [-0.2, -0.15) is 0 Å². The fraction of sp³-hybridized carbons (Fsp3) is 0.267. The Morgan fingerprint density at radius 1 is 0.800 bits per heavy atom. The monoisotopic (exact) mass is 739 g/mol. The van der Waals surface area contributed by atoms with Gasteiger partial charge in [0.05, 0.1) is 20.3 Å². The minimum absolute atomic E-state index is 0.0850. The first-order valence-electron chi connectivity index (χ1n) is 18.5. The van der Waals surface area contributed by atoms with Gasteiger partial charge >= 0.3 is 6.09 Å².